The molecular formula is C9H13N3O2. The lowest BCUT2D eigenvalue weighted by Crippen LogP contribution is -2.42. The fourth-order valence-corrected chi connectivity index (χ4v) is 1.28. The van der Waals surface area contributed by atoms with E-state index in [2.05, 4.69) is 4.98 Å². The Morgan fingerprint density at radius 2 is 2.43 bits per heavy atom. The molecule has 1 atom stereocenters. The lowest BCUT2D eigenvalue weighted by Gasteiger charge is -2.29. The standard InChI is InChI=1S/C9H13N3O2/c1-6(10)8-11-7(5-14-8)9(13)12-3-2-4-12/h5-6H,2-4,10H2,1H3. The van der Waals surface area contributed by atoms with Crippen molar-refractivity contribution in [1.29, 1.82) is 0 Å². The fourth-order valence-electron chi connectivity index (χ4n) is 1.28. The molecule has 1 saturated heterocycles. The predicted molar refractivity (Wildman–Crippen MR) is 49.6 cm³/mol. The van der Waals surface area contributed by atoms with E-state index in [1.165, 1.54) is 6.26 Å². The minimum Gasteiger partial charge on any atom is -0.446 e. The van der Waals surface area contributed by atoms with Crippen molar-refractivity contribution in [2.45, 2.75) is 19.4 Å². The third kappa shape index (κ3) is 1.50. The zero-order chi connectivity index (χ0) is 10.1. The van der Waals surface area contributed by atoms with Gasteiger partial charge in [0.05, 0.1) is 6.04 Å². The van der Waals surface area contributed by atoms with Crippen LogP contribution in [0.3, 0.4) is 0 Å². The Bertz CT molecular complexity index is 342. The van der Waals surface area contributed by atoms with Crippen molar-refractivity contribution in [3.63, 3.8) is 0 Å². The van der Waals surface area contributed by atoms with Crippen LogP contribution in [0.15, 0.2) is 10.7 Å². The molecule has 1 aromatic rings. The van der Waals surface area contributed by atoms with Gasteiger partial charge in [-0.3, -0.25) is 4.79 Å². The van der Waals surface area contributed by atoms with E-state index in [0.29, 0.717) is 11.6 Å². The molecule has 1 aliphatic rings. The van der Waals surface area contributed by atoms with E-state index in [9.17, 15) is 4.79 Å². The molecule has 0 aliphatic carbocycles. The van der Waals surface area contributed by atoms with E-state index in [1.54, 1.807) is 11.8 Å². The molecule has 0 bridgehead atoms. The van der Waals surface area contributed by atoms with Gasteiger partial charge >= 0.3 is 0 Å². The van der Waals surface area contributed by atoms with Gasteiger partial charge in [0.1, 0.15) is 6.26 Å². The average Bonchev–Trinajstić information content (AvgIpc) is 2.48. The van der Waals surface area contributed by atoms with Gasteiger partial charge in [0.2, 0.25) is 5.89 Å². The maximum absolute atomic E-state index is 11.6. The number of nitrogens with two attached hydrogens (primary N) is 1. The van der Waals surface area contributed by atoms with E-state index in [4.69, 9.17) is 10.2 Å². The molecule has 14 heavy (non-hydrogen) atoms. The highest BCUT2D eigenvalue weighted by molar-refractivity contribution is 5.92. The van der Waals surface area contributed by atoms with Gasteiger partial charge in [-0.15, -0.1) is 0 Å². The summed E-state index contributed by atoms with van der Waals surface area (Å²) in [6.07, 6.45) is 2.45. The van der Waals surface area contributed by atoms with Gasteiger partial charge in [0.15, 0.2) is 5.69 Å². The van der Waals surface area contributed by atoms with E-state index in [-0.39, 0.29) is 11.9 Å². The molecule has 5 heteroatoms. The summed E-state index contributed by atoms with van der Waals surface area (Å²) in [6.45, 7) is 3.40. The lowest BCUT2D eigenvalue weighted by atomic mass is 10.2. The minimum atomic E-state index is -0.270. The van der Waals surface area contributed by atoms with Gasteiger partial charge in [0.25, 0.3) is 5.91 Å². The molecule has 1 amide bonds. The van der Waals surface area contributed by atoms with E-state index in [0.717, 1.165) is 19.5 Å². The van der Waals surface area contributed by atoms with Crippen LogP contribution in [-0.2, 0) is 0 Å². The molecule has 0 radical (unpaired) electrons. The maximum atomic E-state index is 11.6. The van der Waals surface area contributed by atoms with Gasteiger partial charge in [-0.05, 0) is 13.3 Å². The van der Waals surface area contributed by atoms with Gasteiger partial charge < -0.3 is 15.1 Å². The minimum absolute atomic E-state index is 0.0631. The molecule has 1 unspecified atom stereocenters. The SMILES string of the molecule is CC(N)c1nc(C(=O)N2CCC2)co1. The molecule has 0 aromatic carbocycles. The Balaban J connectivity index is 2.11. The van der Waals surface area contributed by atoms with Gasteiger partial charge in [-0.25, -0.2) is 4.98 Å². The highest BCUT2D eigenvalue weighted by Gasteiger charge is 2.24. The van der Waals surface area contributed by atoms with Crippen LogP contribution in [0.2, 0.25) is 0 Å². The number of oxazole rings is 1. The molecule has 1 aliphatic heterocycles. The zero-order valence-corrected chi connectivity index (χ0v) is 8.06. The summed E-state index contributed by atoms with van der Waals surface area (Å²) in [6, 6.07) is -0.270. The topological polar surface area (TPSA) is 72.4 Å². The average molecular weight is 195 g/mol. The quantitative estimate of drug-likeness (QED) is 0.747. The first-order valence-electron chi connectivity index (χ1n) is 4.69. The Hall–Kier alpha value is -1.36. The largest absolute Gasteiger partial charge is 0.446 e. The van der Waals surface area contributed by atoms with Gasteiger partial charge in [0, 0.05) is 13.1 Å². The van der Waals surface area contributed by atoms with Crippen LogP contribution < -0.4 is 5.73 Å². The first-order valence-corrected chi connectivity index (χ1v) is 4.69. The van der Waals surface area contributed by atoms with E-state index in [1.807, 2.05) is 0 Å². The van der Waals surface area contributed by atoms with Gasteiger partial charge in [-0.2, -0.15) is 0 Å². The van der Waals surface area contributed by atoms with Crippen molar-refractivity contribution in [2.24, 2.45) is 5.73 Å². The number of aromatic nitrogens is 1. The maximum Gasteiger partial charge on any atom is 0.275 e. The second-order valence-corrected chi connectivity index (χ2v) is 3.51. The van der Waals surface area contributed by atoms with Crippen molar-refractivity contribution in [1.82, 2.24) is 9.88 Å². The number of nitrogens with zero attached hydrogens (tertiary/aromatic N) is 2. The van der Waals surface area contributed by atoms with Crippen LogP contribution in [0.1, 0.15) is 35.8 Å². The number of carbonyl (C=O) groups excluding carboxylic acids is 1. The van der Waals surface area contributed by atoms with Crippen LogP contribution in [0.5, 0.6) is 0 Å². The highest BCUT2D eigenvalue weighted by atomic mass is 16.3. The van der Waals surface area contributed by atoms with E-state index < -0.39 is 0 Å². The zero-order valence-electron chi connectivity index (χ0n) is 8.06. The van der Waals surface area contributed by atoms with Crippen molar-refractivity contribution >= 4 is 5.91 Å². The molecule has 5 nitrogen and oxygen atoms in total. The normalized spacial score (nSPS) is 17.7. The van der Waals surface area contributed by atoms with Crippen LogP contribution in [0, 0.1) is 0 Å². The number of hydrogen-bond donors (Lipinski definition) is 1. The van der Waals surface area contributed by atoms with Gasteiger partial charge in [-0.1, -0.05) is 0 Å². The second-order valence-electron chi connectivity index (χ2n) is 3.51. The molecule has 1 fully saturated rings. The van der Waals surface area contributed by atoms with Crippen LogP contribution >= 0.6 is 0 Å². The van der Waals surface area contributed by atoms with E-state index >= 15 is 0 Å². The number of hydrogen-bond acceptors (Lipinski definition) is 4. The number of rotatable bonds is 2. The summed E-state index contributed by atoms with van der Waals surface area (Å²) in [7, 11) is 0. The number of carbonyl (C=O) groups is 1. The third-order valence-corrected chi connectivity index (χ3v) is 2.27. The number of amides is 1. The van der Waals surface area contributed by atoms with Crippen LogP contribution in [0.4, 0.5) is 0 Å². The Morgan fingerprint density at radius 1 is 1.71 bits per heavy atom. The van der Waals surface area contributed by atoms with Crippen molar-refractivity contribution < 1.29 is 9.21 Å². The van der Waals surface area contributed by atoms with Crippen molar-refractivity contribution in [3.8, 4) is 0 Å². The first-order chi connectivity index (χ1) is 6.68. The molecule has 0 saturated carbocycles. The van der Waals surface area contributed by atoms with Crippen LogP contribution in [-0.4, -0.2) is 28.9 Å². The van der Waals surface area contributed by atoms with Crippen molar-refractivity contribution in [3.05, 3.63) is 17.8 Å². The molecule has 2 heterocycles. The first kappa shape index (κ1) is 9.21. The summed E-state index contributed by atoms with van der Waals surface area (Å²) in [5.74, 6) is 0.348. The lowest BCUT2D eigenvalue weighted by molar-refractivity contribution is 0.0645. The monoisotopic (exact) mass is 195 g/mol. The summed E-state index contributed by atoms with van der Waals surface area (Å²) in [5, 5.41) is 0. The summed E-state index contributed by atoms with van der Waals surface area (Å²) in [5.41, 5.74) is 5.93. The summed E-state index contributed by atoms with van der Waals surface area (Å²) >= 11 is 0. The van der Waals surface area contributed by atoms with Crippen LogP contribution in [0.25, 0.3) is 0 Å². The Kier molecular flexibility index (Phi) is 2.25. The van der Waals surface area contributed by atoms with Crippen molar-refractivity contribution in [2.75, 3.05) is 13.1 Å². The second kappa shape index (κ2) is 3.42. The third-order valence-electron chi connectivity index (χ3n) is 2.27. The molecule has 2 N–H and O–H groups in total. The molecular weight excluding hydrogens is 182 g/mol. The molecule has 1 aromatic heterocycles. The summed E-state index contributed by atoms with van der Waals surface area (Å²) in [4.78, 5) is 17.4. The molecule has 0 spiro atoms. The number of likely N-dealkylation sites (tertiary alicyclic amines) is 1. The Labute approximate surface area is 81.9 Å². The summed E-state index contributed by atoms with van der Waals surface area (Å²) < 4.78 is 5.08. The Morgan fingerprint density at radius 3 is 2.86 bits per heavy atom. The smallest absolute Gasteiger partial charge is 0.275 e. The molecule has 76 valence electrons. The highest BCUT2D eigenvalue weighted by Crippen LogP contribution is 2.14. The predicted octanol–water partition coefficient (Wildman–Crippen LogP) is 0.540. The fraction of sp³-hybridized carbons (Fsp3) is 0.556. The molecule has 2 rings (SSSR count).